The van der Waals surface area contributed by atoms with E-state index in [1.54, 1.807) is 0 Å². The Morgan fingerprint density at radius 1 is 0.525 bits per heavy atom. The highest BCUT2D eigenvalue weighted by Gasteiger charge is 2.20. The molecule has 8 rings (SSSR count). The molecule has 0 aliphatic carbocycles. The van der Waals surface area contributed by atoms with Gasteiger partial charge in [0.25, 0.3) is 0 Å². The number of nitrogens with zero attached hydrogens (tertiary/aromatic N) is 5. The molecule has 0 saturated carbocycles. The summed E-state index contributed by atoms with van der Waals surface area (Å²) in [5.74, 6) is 0. The highest BCUT2D eigenvalue weighted by atomic mass is 15.1. The Kier molecular flexibility index (Phi) is 5.82. The van der Waals surface area contributed by atoms with Gasteiger partial charge in [-0.2, -0.15) is 0 Å². The standard InChI is InChI=1S/C33H21N5.C2H6/c1-3-10-22(11-4-1)27-18-17-24(21-35-27)38-29-16-9-19-34-31(29)26-20-30-32(36-33(26)38)25-14-7-8-15-28(25)37(30)23-12-5-2-6-13-23;1-2/h1-21H;1-2H3. The van der Waals surface area contributed by atoms with Crippen molar-refractivity contribution in [3.8, 4) is 22.6 Å². The Labute approximate surface area is 232 Å². The maximum atomic E-state index is 5.32. The van der Waals surface area contributed by atoms with Gasteiger partial charge < -0.3 is 4.57 Å². The van der Waals surface area contributed by atoms with Crippen LogP contribution in [0.5, 0.6) is 0 Å². The largest absolute Gasteiger partial charge is 0.308 e. The van der Waals surface area contributed by atoms with E-state index in [1.807, 2.05) is 56.6 Å². The molecule has 0 bridgehead atoms. The normalized spacial score (nSPS) is 11.2. The molecule has 5 heterocycles. The summed E-state index contributed by atoms with van der Waals surface area (Å²) in [5, 5.41) is 2.13. The second kappa shape index (κ2) is 9.79. The fourth-order valence-corrected chi connectivity index (χ4v) is 5.52. The zero-order valence-corrected chi connectivity index (χ0v) is 22.4. The van der Waals surface area contributed by atoms with Crippen LogP contribution < -0.4 is 0 Å². The van der Waals surface area contributed by atoms with Gasteiger partial charge >= 0.3 is 0 Å². The number of para-hydroxylation sites is 2. The molecule has 0 N–H and O–H groups in total. The average Bonchev–Trinajstić information content (AvgIpc) is 3.54. The lowest BCUT2D eigenvalue weighted by molar-refractivity contribution is 1.11. The topological polar surface area (TPSA) is 48.5 Å². The van der Waals surface area contributed by atoms with Gasteiger partial charge in [0.2, 0.25) is 0 Å². The SMILES string of the molecule is CC.c1ccc(-c2ccc(-n3c4cccnc4c4cc5c(nc43)c3ccccc3n5-c3ccccc3)cn2)cc1. The predicted octanol–water partition coefficient (Wildman–Crippen LogP) is 8.76. The van der Waals surface area contributed by atoms with Crippen LogP contribution in [0, 0.1) is 0 Å². The monoisotopic (exact) mass is 517 g/mol. The molecule has 0 spiro atoms. The third-order valence-corrected chi connectivity index (χ3v) is 7.21. The van der Waals surface area contributed by atoms with E-state index in [9.17, 15) is 0 Å². The van der Waals surface area contributed by atoms with Crippen LogP contribution in [0.3, 0.4) is 0 Å². The minimum atomic E-state index is 0.872. The Balaban J connectivity index is 0.00000130. The van der Waals surface area contributed by atoms with Crippen LogP contribution in [-0.4, -0.2) is 24.1 Å². The number of pyridine rings is 3. The van der Waals surface area contributed by atoms with Crippen molar-refractivity contribution in [2.24, 2.45) is 0 Å². The van der Waals surface area contributed by atoms with Crippen molar-refractivity contribution in [1.82, 2.24) is 24.1 Å². The van der Waals surface area contributed by atoms with Crippen molar-refractivity contribution < 1.29 is 0 Å². The lowest BCUT2D eigenvalue weighted by Crippen LogP contribution is -1.97. The minimum absolute atomic E-state index is 0.872. The first kappa shape index (κ1) is 23.8. The molecule has 0 amide bonds. The van der Waals surface area contributed by atoms with E-state index < -0.39 is 0 Å². The fraction of sp³-hybridized carbons (Fsp3) is 0.0571. The average molecular weight is 518 g/mol. The molecular formula is C35H27N5. The zero-order chi connectivity index (χ0) is 27.1. The van der Waals surface area contributed by atoms with E-state index in [4.69, 9.17) is 15.0 Å². The van der Waals surface area contributed by atoms with E-state index in [-0.39, 0.29) is 0 Å². The number of fused-ring (bicyclic) bond motifs is 6. The van der Waals surface area contributed by atoms with Crippen molar-refractivity contribution in [2.45, 2.75) is 13.8 Å². The van der Waals surface area contributed by atoms with Gasteiger partial charge in [0.05, 0.1) is 45.2 Å². The number of rotatable bonds is 3. The molecule has 0 saturated heterocycles. The van der Waals surface area contributed by atoms with Gasteiger partial charge in [0.15, 0.2) is 0 Å². The summed E-state index contributed by atoms with van der Waals surface area (Å²) in [5.41, 5.74) is 10.1. The van der Waals surface area contributed by atoms with Crippen LogP contribution >= 0.6 is 0 Å². The molecule has 0 fully saturated rings. The Hall–Kier alpha value is -5.29. The molecule has 0 aliphatic heterocycles. The van der Waals surface area contributed by atoms with Crippen LogP contribution in [0.15, 0.2) is 128 Å². The quantitative estimate of drug-likeness (QED) is 0.235. The third-order valence-electron chi connectivity index (χ3n) is 7.21. The van der Waals surface area contributed by atoms with E-state index in [0.29, 0.717) is 0 Å². The summed E-state index contributed by atoms with van der Waals surface area (Å²) in [6, 6.07) is 39.7. The minimum Gasteiger partial charge on any atom is -0.308 e. The Morgan fingerprint density at radius 2 is 1.25 bits per heavy atom. The lowest BCUT2D eigenvalue weighted by Gasteiger charge is -2.09. The van der Waals surface area contributed by atoms with Crippen molar-refractivity contribution in [2.75, 3.05) is 0 Å². The zero-order valence-electron chi connectivity index (χ0n) is 22.4. The second-order valence-electron chi connectivity index (χ2n) is 9.39. The molecule has 0 unspecified atom stereocenters. The molecule has 8 aromatic rings. The third kappa shape index (κ3) is 3.67. The number of benzene rings is 3. The summed E-state index contributed by atoms with van der Waals surface area (Å²) >= 11 is 0. The fourth-order valence-electron chi connectivity index (χ4n) is 5.52. The van der Waals surface area contributed by atoms with Crippen LogP contribution in [0.1, 0.15) is 13.8 Å². The molecule has 40 heavy (non-hydrogen) atoms. The summed E-state index contributed by atoms with van der Waals surface area (Å²) in [4.78, 5) is 14.9. The maximum absolute atomic E-state index is 5.32. The van der Waals surface area contributed by atoms with Crippen LogP contribution in [0.25, 0.3) is 66.6 Å². The van der Waals surface area contributed by atoms with Gasteiger partial charge in [-0.1, -0.05) is 80.6 Å². The van der Waals surface area contributed by atoms with E-state index in [1.165, 1.54) is 0 Å². The lowest BCUT2D eigenvalue weighted by atomic mass is 10.1. The summed E-state index contributed by atoms with van der Waals surface area (Å²) < 4.78 is 4.47. The van der Waals surface area contributed by atoms with Crippen LogP contribution in [0.4, 0.5) is 0 Å². The van der Waals surface area contributed by atoms with Crippen LogP contribution in [0.2, 0.25) is 0 Å². The molecule has 3 aromatic carbocycles. The first-order chi connectivity index (χ1) is 19.9. The summed E-state index contributed by atoms with van der Waals surface area (Å²) in [6.07, 6.45) is 3.77. The van der Waals surface area contributed by atoms with Gasteiger partial charge in [0.1, 0.15) is 5.65 Å². The first-order valence-corrected chi connectivity index (χ1v) is 13.6. The van der Waals surface area contributed by atoms with Crippen molar-refractivity contribution in [3.05, 3.63) is 128 Å². The van der Waals surface area contributed by atoms with Gasteiger partial charge in [-0.15, -0.1) is 0 Å². The molecule has 0 aliphatic rings. The Bertz CT molecular complexity index is 2110. The van der Waals surface area contributed by atoms with E-state index >= 15 is 0 Å². The number of aromatic nitrogens is 5. The molecule has 5 nitrogen and oxygen atoms in total. The summed E-state index contributed by atoms with van der Waals surface area (Å²) in [6.45, 7) is 4.00. The van der Waals surface area contributed by atoms with E-state index in [0.717, 1.165) is 66.6 Å². The summed E-state index contributed by atoms with van der Waals surface area (Å²) in [7, 11) is 0. The second-order valence-corrected chi connectivity index (χ2v) is 9.39. The Morgan fingerprint density at radius 3 is 2.02 bits per heavy atom. The van der Waals surface area contributed by atoms with Crippen LogP contribution in [-0.2, 0) is 0 Å². The van der Waals surface area contributed by atoms with Gasteiger partial charge in [0, 0.05) is 28.2 Å². The molecule has 192 valence electrons. The molecule has 0 atom stereocenters. The van der Waals surface area contributed by atoms with Crippen molar-refractivity contribution in [3.63, 3.8) is 0 Å². The predicted molar refractivity (Wildman–Crippen MR) is 165 cm³/mol. The molecular weight excluding hydrogens is 490 g/mol. The van der Waals surface area contributed by atoms with Gasteiger partial charge in [-0.3, -0.25) is 14.5 Å². The van der Waals surface area contributed by atoms with Gasteiger partial charge in [-0.05, 0) is 48.5 Å². The van der Waals surface area contributed by atoms with Gasteiger partial charge in [-0.25, -0.2) is 4.98 Å². The smallest absolute Gasteiger partial charge is 0.148 e. The maximum Gasteiger partial charge on any atom is 0.148 e. The highest BCUT2D eigenvalue weighted by Crippen LogP contribution is 2.37. The number of hydrogen-bond acceptors (Lipinski definition) is 3. The molecule has 5 aromatic heterocycles. The first-order valence-electron chi connectivity index (χ1n) is 13.6. The highest BCUT2D eigenvalue weighted by molar-refractivity contribution is 6.14. The number of hydrogen-bond donors (Lipinski definition) is 0. The molecule has 5 heteroatoms. The van der Waals surface area contributed by atoms with Crippen molar-refractivity contribution in [1.29, 1.82) is 0 Å². The van der Waals surface area contributed by atoms with E-state index in [2.05, 4.69) is 94.1 Å². The van der Waals surface area contributed by atoms with Crippen molar-refractivity contribution >= 4 is 44.0 Å². The molecule has 0 radical (unpaired) electrons.